The van der Waals surface area contributed by atoms with Gasteiger partial charge in [-0.05, 0) is 48.5 Å². The van der Waals surface area contributed by atoms with Gasteiger partial charge in [0.25, 0.3) is 0 Å². The molecule has 0 aliphatic heterocycles. The van der Waals surface area contributed by atoms with Gasteiger partial charge in [0.2, 0.25) is 0 Å². The van der Waals surface area contributed by atoms with Crippen molar-refractivity contribution < 1.29 is 40.9 Å². The standard InChI is InChI=1S/C21H18F6N2O3/c1-29-17(13-6-10-15(32-3)11-7-13)16(12-4-8-14(31-2)9-5-12)28-18(29)19(30,20(22,23)24)21(25,26)27/h4-11,30H,1-3H3. The van der Waals surface area contributed by atoms with Crippen LogP contribution in [0.4, 0.5) is 26.3 Å². The first-order valence-electron chi connectivity index (χ1n) is 9.07. The van der Waals surface area contributed by atoms with Crippen LogP contribution in [-0.2, 0) is 12.6 Å². The van der Waals surface area contributed by atoms with Gasteiger partial charge < -0.3 is 19.1 Å². The van der Waals surface area contributed by atoms with E-state index in [0.29, 0.717) is 16.1 Å². The Labute approximate surface area is 178 Å². The Hall–Kier alpha value is -3.21. The van der Waals surface area contributed by atoms with Crippen molar-refractivity contribution in [3.8, 4) is 34.0 Å². The first-order valence-corrected chi connectivity index (χ1v) is 9.07. The van der Waals surface area contributed by atoms with Crippen LogP contribution >= 0.6 is 0 Å². The van der Waals surface area contributed by atoms with E-state index in [1.165, 1.54) is 62.8 Å². The molecule has 1 aromatic heterocycles. The Morgan fingerprint density at radius 2 is 1.16 bits per heavy atom. The second-order valence-corrected chi connectivity index (χ2v) is 6.85. The molecule has 0 radical (unpaired) electrons. The molecular weight excluding hydrogens is 442 g/mol. The maximum Gasteiger partial charge on any atom is 0.433 e. The fourth-order valence-corrected chi connectivity index (χ4v) is 3.27. The van der Waals surface area contributed by atoms with Crippen molar-refractivity contribution in [2.45, 2.75) is 18.0 Å². The molecule has 0 atom stereocenters. The highest BCUT2D eigenvalue weighted by Gasteiger charge is 2.74. The monoisotopic (exact) mass is 460 g/mol. The van der Waals surface area contributed by atoms with Crippen LogP contribution < -0.4 is 9.47 Å². The van der Waals surface area contributed by atoms with E-state index in [2.05, 4.69) is 4.98 Å². The molecule has 3 aromatic rings. The van der Waals surface area contributed by atoms with E-state index >= 15 is 0 Å². The van der Waals surface area contributed by atoms with E-state index in [9.17, 15) is 31.4 Å². The lowest BCUT2D eigenvalue weighted by atomic mass is 10.0. The molecule has 0 bridgehead atoms. The number of methoxy groups -OCH3 is 2. The van der Waals surface area contributed by atoms with Crippen LogP contribution in [0.2, 0.25) is 0 Å². The molecule has 0 fully saturated rings. The highest BCUT2D eigenvalue weighted by Crippen LogP contribution is 2.51. The fourth-order valence-electron chi connectivity index (χ4n) is 3.27. The van der Waals surface area contributed by atoms with Crippen molar-refractivity contribution in [1.82, 2.24) is 9.55 Å². The second kappa shape index (κ2) is 8.05. The highest BCUT2D eigenvalue weighted by atomic mass is 19.4. The first-order chi connectivity index (χ1) is 14.8. The SMILES string of the molecule is COc1ccc(-c2nc(C(O)(C(F)(F)F)C(F)(F)F)n(C)c2-c2ccc(OC)cc2)cc1. The molecule has 0 saturated heterocycles. The van der Waals surface area contributed by atoms with E-state index in [4.69, 9.17) is 9.47 Å². The van der Waals surface area contributed by atoms with Crippen LogP contribution in [0.1, 0.15) is 5.82 Å². The molecular formula is C21H18F6N2O3. The minimum Gasteiger partial charge on any atom is -0.497 e. The van der Waals surface area contributed by atoms with Gasteiger partial charge in [0.1, 0.15) is 11.5 Å². The quantitative estimate of drug-likeness (QED) is 0.540. The number of aliphatic hydroxyl groups is 1. The Kier molecular flexibility index (Phi) is 5.90. The molecule has 172 valence electrons. The summed E-state index contributed by atoms with van der Waals surface area (Å²) in [4.78, 5) is 3.66. The summed E-state index contributed by atoms with van der Waals surface area (Å²) in [6, 6.07) is 11.8. The third kappa shape index (κ3) is 3.77. The zero-order valence-corrected chi connectivity index (χ0v) is 17.0. The number of hydrogen-bond donors (Lipinski definition) is 1. The molecule has 0 aliphatic rings. The molecule has 32 heavy (non-hydrogen) atoms. The van der Waals surface area contributed by atoms with Gasteiger partial charge in [0.05, 0.1) is 25.6 Å². The number of imidazole rings is 1. The Bertz CT molecular complexity index is 1070. The molecule has 1 N–H and O–H groups in total. The van der Waals surface area contributed by atoms with E-state index in [1.54, 1.807) is 0 Å². The van der Waals surface area contributed by atoms with Gasteiger partial charge in [0, 0.05) is 18.2 Å². The van der Waals surface area contributed by atoms with Crippen molar-refractivity contribution in [3.63, 3.8) is 0 Å². The predicted octanol–water partition coefficient (Wildman–Crippen LogP) is 5.08. The number of halogens is 6. The van der Waals surface area contributed by atoms with Gasteiger partial charge in [-0.2, -0.15) is 26.3 Å². The minimum atomic E-state index is -6.07. The Morgan fingerprint density at radius 3 is 1.53 bits per heavy atom. The van der Waals surface area contributed by atoms with Crippen molar-refractivity contribution >= 4 is 0 Å². The average molecular weight is 460 g/mol. The maximum absolute atomic E-state index is 13.6. The fraction of sp³-hybridized carbons (Fsp3) is 0.286. The van der Waals surface area contributed by atoms with Crippen LogP contribution in [0.25, 0.3) is 22.5 Å². The number of aromatic nitrogens is 2. The van der Waals surface area contributed by atoms with Gasteiger partial charge >= 0.3 is 18.0 Å². The predicted molar refractivity (Wildman–Crippen MR) is 103 cm³/mol. The topological polar surface area (TPSA) is 56.5 Å². The smallest absolute Gasteiger partial charge is 0.433 e. The highest BCUT2D eigenvalue weighted by molar-refractivity contribution is 5.79. The molecule has 0 unspecified atom stereocenters. The lowest BCUT2D eigenvalue weighted by Gasteiger charge is -2.31. The molecule has 0 spiro atoms. The summed E-state index contributed by atoms with van der Waals surface area (Å²) in [6.07, 6.45) is -12.1. The summed E-state index contributed by atoms with van der Waals surface area (Å²) in [5, 5.41) is 9.96. The first kappa shape index (κ1) is 23.5. The average Bonchev–Trinajstić information content (AvgIpc) is 3.08. The van der Waals surface area contributed by atoms with Gasteiger partial charge in [-0.1, -0.05) is 0 Å². The van der Waals surface area contributed by atoms with Crippen molar-refractivity contribution in [2.24, 2.45) is 7.05 Å². The van der Waals surface area contributed by atoms with Crippen LogP contribution in [0.15, 0.2) is 48.5 Å². The Morgan fingerprint density at radius 1 is 0.750 bits per heavy atom. The molecule has 3 rings (SSSR count). The summed E-state index contributed by atoms with van der Waals surface area (Å²) in [5.74, 6) is -0.739. The van der Waals surface area contributed by atoms with Crippen molar-refractivity contribution in [2.75, 3.05) is 14.2 Å². The zero-order chi connectivity index (χ0) is 23.9. The van der Waals surface area contributed by atoms with Crippen molar-refractivity contribution in [1.29, 1.82) is 0 Å². The summed E-state index contributed by atoms with van der Waals surface area (Å²) >= 11 is 0. The Balaban J connectivity index is 2.34. The largest absolute Gasteiger partial charge is 0.497 e. The lowest BCUT2D eigenvalue weighted by molar-refractivity contribution is -0.379. The van der Waals surface area contributed by atoms with Crippen molar-refractivity contribution in [3.05, 3.63) is 54.4 Å². The maximum atomic E-state index is 13.6. The van der Waals surface area contributed by atoms with Crippen LogP contribution in [0.5, 0.6) is 11.5 Å². The molecule has 5 nitrogen and oxygen atoms in total. The summed E-state index contributed by atoms with van der Waals surface area (Å²) < 4.78 is 92.0. The minimum absolute atomic E-state index is 0.0558. The molecule has 0 saturated carbocycles. The van der Waals surface area contributed by atoms with Gasteiger partial charge in [-0.25, -0.2) is 4.98 Å². The molecule has 2 aromatic carbocycles. The normalized spacial score (nSPS) is 12.7. The number of ether oxygens (including phenoxy) is 2. The van der Waals surface area contributed by atoms with E-state index < -0.39 is 23.8 Å². The van der Waals surface area contributed by atoms with Gasteiger partial charge in [0.15, 0.2) is 5.82 Å². The van der Waals surface area contributed by atoms with Gasteiger partial charge in [-0.15, -0.1) is 0 Å². The van der Waals surface area contributed by atoms with E-state index in [1.807, 2.05) is 0 Å². The number of benzene rings is 2. The number of nitrogens with zero attached hydrogens (tertiary/aromatic N) is 2. The zero-order valence-electron chi connectivity index (χ0n) is 17.0. The van der Waals surface area contributed by atoms with Crippen LogP contribution in [-0.4, -0.2) is 41.2 Å². The third-order valence-corrected chi connectivity index (χ3v) is 4.97. The molecule has 11 heteroatoms. The molecule has 0 aliphatic carbocycles. The summed E-state index contributed by atoms with van der Waals surface area (Å²) in [6.45, 7) is 0. The van der Waals surface area contributed by atoms with E-state index in [-0.39, 0.29) is 22.5 Å². The van der Waals surface area contributed by atoms with Crippen LogP contribution in [0.3, 0.4) is 0 Å². The number of alkyl halides is 6. The number of rotatable bonds is 5. The summed E-state index contributed by atoms with van der Waals surface area (Å²) in [5.41, 5.74) is -4.92. The van der Waals surface area contributed by atoms with Crippen LogP contribution in [0, 0.1) is 0 Å². The second-order valence-electron chi connectivity index (χ2n) is 6.85. The number of hydrogen-bond acceptors (Lipinski definition) is 4. The molecule has 0 amide bonds. The van der Waals surface area contributed by atoms with Gasteiger partial charge in [-0.3, -0.25) is 0 Å². The summed E-state index contributed by atoms with van der Waals surface area (Å²) in [7, 11) is 3.80. The third-order valence-electron chi connectivity index (χ3n) is 4.97. The van der Waals surface area contributed by atoms with E-state index in [0.717, 1.165) is 7.05 Å². The lowest BCUT2D eigenvalue weighted by Crippen LogP contribution is -2.55. The molecule has 1 heterocycles.